The Morgan fingerprint density at radius 3 is 0.974 bits per heavy atom. The van der Waals surface area contributed by atoms with Gasteiger partial charge in [0.15, 0.2) is 17.9 Å². The maximum atomic E-state index is 15.0. The van der Waals surface area contributed by atoms with Gasteiger partial charge in [0.25, 0.3) is 0 Å². The molecule has 652 valence electrons. The Bertz CT molecular complexity index is 3470. The number of guanidine groups is 3. The third kappa shape index (κ3) is 41.7. The predicted molar refractivity (Wildman–Crippen MR) is 445 cm³/mol. The van der Waals surface area contributed by atoms with E-state index in [9.17, 15) is 63.0 Å². The second-order valence-corrected chi connectivity index (χ2v) is 30.6. The maximum Gasteiger partial charge on any atom is 0.326 e. The van der Waals surface area contributed by atoms with E-state index >= 15 is 4.79 Å². The van der Waals surface area contributed by atoms with Crippen molar-refractivity contribution in [1.29, 1.82) is 0 Å². The molecular formula is C78H136N24O14. The number of hydrogen-bond donors (Lipinski definition) is 23. The zero-order valence-electron chi connectivity index (χ0n) is 68.9. The second-order valence-electron chi connectivity index (χ2n) is 30.6. The average molecular weight is 1630 g/mol. The van der Waals surface area contributed by atoms with Crippen molar-refractivity contribution in [3.05, 3.63) is 65.7 Å². The Kier molecular flexibility index (Phi) is 49.0. The van der Waals surface area contributed by atoms with Crippen LogP contribution in [0.15, 0.2) is 69.6 Å². The maximum absolute atomic E-state index is 15.0. The van der Waals surface area contributed by atoms with E-state index in [1.165, 1.54) is 24.3 Å². The molecule has 0 aliphatic rings. The summed E-state index contributed by atoms with van der Waals surface area (Å²) in [6.45, 7) is 15.2. The quantitative estimate of drug-likeness (QED) is 0.0187. The van der Waals surface area contributed by atoms with Crippen molar-refractivity contribution in [3.63, 3.8) is 0 Å². The highest BCUT2D eigenvalue weighted by Crippen LogP contribution is 2.19. The van der Waals surface area contributed by atoms with Crippen molar-refractivity contribution in [1.82, 2.24) is 58.5 Å². The lowest BCUT2D eigenvalue weighted by Gasteiger charge is -2.30. The lowest BCUT2D eigenvalue weighted by molar-refractivity contribution is -0.142. The molecule has 38 nitrogen and oxygen atoms in total. The first-order valence-corrected chi connectivity index (χ1v) is 40.3. The third-order valence-electron chi connectivity index (χ3n) is 18.9. The SMILES string of the molecule is CC[C@H](C)[C@H](NC(=O)[C@H](CCCN=C(N)N)NC(=O)[C@H](CCCCN)NC(=O)[C@H](Cc1ccccc1)NC(=O)[C@H](CC(C)C)NC(=O)[C@H](CCCN=C(N)N)NC(=O)[C@@H](N)CCCCN)C(=O)N[C@@H](CC(C)C)C(=O)N[C@@H](CCCN=C(N)N)C(=O)N[C@@H](Cc1ccc(O)cc1)C(=O)N[C@@H](CC(C)C)C(=O)N[C@@H](CCCCN)C(=O)O. The summed E-state index contributed by atoms with van der Waals surface area (Å²) in [7, 11) is 0. The highest BCUT2D eigenvalue weighted by molar-refractivity contribution is 6.00. The van der Waals surface area contributed by atoms with Crippen molar-refractivity contribution in [3.8, 4) is 5.75 Å². The Morgan fingerprint density at radius 1 is 0.345 bits per heavy atom. The number of hydrogen-bond acceptors (Lipinski definition) is 20. The topological polar surface area (TPSA) is 675 Å². The Balaban J connectivity index is 2.70. The zero-order valence-corrected chi connectivity index (χ0v) is 68.9. The van der Waals surface area contributed by atoms with Gasteiger partial charge in [-0.15, -0.1) is 0 Å². The molecule has 0 aliphatic carbocycles. The number of aliphatic carboxylic acids is 1. The van der Waals surface area contributed by atoms with Crippen molar-refractivity contribution in [2.75, 3.05) is 39.3 Å². The summed E-state index contributed by atoms with van der Waals surface area (Å²) in [5.74, 6) is -12.3. The van der Waals surface area contributed by atoms with Gasteiger partial charge in [0, 0.05) is 32.5 Å². The summed E-state index contributed by atoms with van der Waals surface area (Å²) >= 11 is 0. The van der Waals surface area contributed by atoms with E-state index in [0.717, 1.165) is 0 Å². The molecule has 0 heterocycles. The van der Waals surface area contributed by atoms with Gasteiger partial charge in [0.1, 0.15) is 72.2 Å². The number of nitrogens with zero attached hydrogens (tertiary/aromatic N) is 3. The van der Waals surface area contributed by atoms with Crippen LogP contribution in [0.4, 0.5) is 0 Å². The molecule has 0 aliphatic heterocycles. The summed E-state index contributed by atoms with van der Waals surface area (Å²) < 4.78 is 0. The average Bonchev–Trinajstić information content (AvgIpc) is 0.846. The molecule has 0 bridgehead atoms. The van der Waals surface area contributed by atoms with Crippen molar-refractivity contribution >= 4 is 88.8 Å². The predicted octanol–water partition coefficient (Wildman–Crippen LogP) is -2.35. The Morgan fingerprint density at radius 2 is 0.629 bits per heavy atom. The fraction of sp³-hybridized carbons (Fsp3) is 0.654. The molecule has 13 atom stereocenters. The number of carbonyl (C=O) groups is 12. The molecule has 2 aromatic carbocycles. The van der Waals surface area contributed by atoms with Gasteiger partial charge in [-0.05, 0) is 176 Å². The van der Waals surface area contributed by atoms with Crippen LogP contribution in [-0.2, 0) is 70.4 Å². The number of nitrogens with one attached hydrogen (secondary N) is 11. The standard InChI is InChI=1S/C78H136N24O14/c1-9-48(8)63(74(114)101-60(42-47(6)7)69(109)95-55(28-20-38-90-77(85)86)67(107)99-62(44-50-30-32-51(103)33-31-50)73(113)98-58(40-45(2)3)70(110)96-57(75(115)116)26-15-18-36-81)102-68(108)56(29-21-39-91-78(87)88)93-65(105)53(25-14-17-35-80)94-72(112)61(43-49-22-11-10-12-23-49)100-71(111)59(41-46(4)5)97-66(106)54(27-19-37-89-76(83)84)92-64(104)52(82)24-13-16-34-79/h10-12,22-23,30-33,45-48,52-63,103H,9,13-21,24-29,34-44,79-82H2,1-8H3,(H,92,104)(H,93,105)(H,94,112)(H,95,109)(H,96,110)(H,97,106)(H,98,113)(H,99,107)(H,100,111)(H,101,114)(H,102,108)(H,115,116)(H4,83,84,89)(H4,85,86,90)(H4,87,88,91)/t48-,52-,53-,54-,55-,56-,57-,58-,59-,60-,61-,62-,63-/m0/s1. The molecule has 0 spiro atoms. The second kappa shape index (κ2) is 55.9. The number of aromatic hydroxyl groups is 1. The van der Waals surface area contributed by atoms with Crippen LogP contribution in [0.5, 0.6) is 5.75 Å². The summed E-state index contributed by atoms with van der Waals surface area (Å²) in [5, 5.41) is 50.4. The Hall–Kier alpha value is -10.5. The van der Waals surface area contributed by atoms with Gasteiger partial charge in [-0.1, -0.05) is 111 Å². The van der Waals surface area contributed by atoms with E-state index in [4.69, 9.17) is 57.3 Å². The number of nitrogens with two attached hydrogens (primary N) is 10. The number of phenols is 1. The van der Waals surface area contributed by atoms with Gasteiger partial charge in [-0.3, -0.25) is 67.7 Å². The Labute approximate surface area is 681 Å². The van der Waals surface area contributed by atoms with Crippen LogP contribution in [0, 0.1) is 23.7 Å². The number of carboxylic acids is 1. The zero-order chi connectivity index (χ0) is 87.0. The van der Waals surface area contributed by atoms with Crippen LogP contribution >= 0.6 is 0 Å². The smallest absolute Gasteiger partial charge is 0.326 e. The van der Waals surface area contributed by atoms with E-state index in [1.807, 2.05) is 13.8 Å². The minimum Gasteiger partial charge on any atom is -0.508 e. The first-order chi connectivity index (χ1) is 54.9. The number of aliphatic imine (C=N–C) groups is 3. The van der Waals surface area contributed by atoms with Crippen LogP contribution in [0.1, 0.15) is 189 Å². The molecule has 0 aromatic heterocycles. The summed E-state index contributed by atoms with van der Waals surface area (Å²) in [5.41, 5.74) is 58.3. The molecule has 0 saturated heterocycles. The summed E-state index contributed by atoms with van der Waals surface area (Å²) in [6.07, 6.45) is 3.34. The van der Waals surface area contributed by atoms with Gasteiger partial charge < -0.3 is 126 Å². The number of unbranched alkanes of at least 4 members (excludes halogenated alkanes) is 3. The molecule has 2 rings (SSSR count). The number of amides is 11. The molecule has 2 aromatic rings. The van der Waals surface area contributed by atoms with Crippen molar-refractivity contribution in [2.45, 2.75) is 263 Å². The fourth-order valence-corrected chi connectivity index (χ4v) is 12.4. The molecule has 0 fully saturated rings. The first kappa shape index (κ1) is 102. The monoisotopic (exact) mass is 1630 g/mol. The number of carboxylic acid groups (broad SMARTS) is 1. The lowest BCUT2D eigenvalue weighted by atomic mass is 9.96. The minimum atomic E-state index is -1.47. The molecule has 11 amide bonds. The molecule has 0 saturated carbocycles. The van der Waals surface area contributed by atoms with Gasteiger partial charge >= 0.3 is 5.97 Å². The van der Waals surface area contributed by atoms with Gasteiger partial charge in [-0.2, -0.15) is 0 Å². The van der Waals surface area contributed by atoms with E-state index in [1.54, 1.807) is 71.9 Å². The third-order valence-corrected chi connectivity index (χ3v) is 18.9. The van der Waals surface area contributed by atoms with E-state index < -0.39 is 149 Å². The number of rotatable bonds is 59. The van der Waals surface area contributed by atoms with Crippen molar-refractivity contribution < 1.29 is 67.7 Å². The van der Waals surface area contributed by atoms with Crippen LogP contribution in [0.3, 0.4) is 0 Å². The van der Waals surface area contributed by atoms with Crippen LogP contribution in [-0.4, -0.2) is 211 Å². The van der Waals surface area contributed by atoms with Crippen LogP contribution < -0.4 is 116 Å². The largest absolute Gasteiger partial charge is 0.508 e. The number of benzene rings is 2. The van der Waals surface area contributed by atoms with Gasteiger partial charge in [0.2, 0.25) is 65.0 Å². The van der Waals surface area contributed by atoms with Crippen molar-refractivity contribution in [2.24, 2.45) is 96.0 Å². The normalized spacial score (nSPS) is 14.6. The molecular weight excluding hydrogens is 1500 g/mol. The van der Waals surface area contributed by atoms with Gasteiger partial charge in [-0.25, -0.2) is 4.79 Å². The summed E-state index contributed by atoms with van der Waals surface area (Å²) in [6, 6.07) is -1.58. The van der Waals surface area contributed by atoms with E-state index in [-0.39, 0.29) is 164 Å². The molecule has 38 heteroatoms. The highest BCUT2D eigenvalue weighted by atomic mass is 16.4. The molecule has 0 radical (unpaired) electrons. The van der Waals surface area contributed by atoms with Gasteiger partial charge in [0.05, 0.1) is 6.04 Å². The number of phenolic OH excluding ortho intramolecular Hbond substituents is 1. The fourth-order valence-electron chi connectivity index (χ4n) is 12.4. The molecule has 116 heavy (non-hydrogen) atoms. The number of carbonyl (C=O) groups excluding carboxylic acids is 11. The van der Waals surface area contributed by atoms with E-state index in [2.05, 4.69) is 73.5 Å². The lowest BCUT2D eigenvalue weighted by Crippen LogP contribution is -2.61. The molecule has 33 N–H and O–H groups in total. The first-order valence-electron chi connectivity index (χ1n) is 40.3. The minimum absolute atomic E-state index is 0.0122. The van der Waals surface area contributed by atoms with E-state index in [0.29, 0.717) is 62.7 Å². The molecule has 0 unspecified atom stereocenters. The summed E-state index contributed by atoms with van der Waals surface area (Å²) in [4.78, 5) is 185. The van der Waals surface area contributed by atoms with Crippen LogP contribution in [0.25, 0.3) is 0 Å². The highest BCUT2D eigenvalue weighted by Gasteiger charge is 2.39. The van der Waals surface area contributed by atoms with Crippen LogP contribution in [0.2, 0.25) is 0 Å².